The first kappa shape index (κ1) is 25.4. The average Bonchev–Trinajstić information content (AvgIpc) is 3.37. The lowest BCUT2D eigenvalue weighted by Gasteiger charge is -2.20. The molecule has 1 aliphatic rings. The number of carbonyl (C=O) groups excluding carboxylic acids is 2. The van der Waals surface area contributed by atoms with E-state index < -0.39 is 0 Å². The van der Waals surface area contributed by atoms with E-state index in [9.17, 15) is 9.59 Å². The van der Waals surface area contributed by atoms with E-state index in [2.05, 4.69) is 25.9 Å². The van der Waals surface area contributed by atoms with Crippen molar-refractivity contribution >= 4 is 35.0 Å². The van der Waals surface area contributed by atoms with Crippen molar-refractivity contribution in [3.05, 3.63) is 82.8 Å². The highest BCUT2D eigenvalue weighted by Crippen LogP contribution is 2.19. The topological polar surface area (TPSA) is 99.3 Å². The molecular weight excluding hydrogens is 476 g/mol. The molecule has 1 heterocycles. The van der Waals surface area contributed by atoms with E-state index in [0.29, 0.717) is 35.4 Å². The first-order chi connectivity index (χ1) is 17.4. The van der Waals surface area contributed by atoms with Gasteiger partial charge in [-0.3, -0.25) is 4.79 Å². The third-order valence-electron chi connectivity index (χ3n) is 6.09. The summed E-state index contributed by atoms with van der Waals surface area (Å²) < 4.78 is 0. The summed E-state index contributed by atoms with van der Waals surface area (Å²) in [5.74, 6) is 1.14. The summed E-state index contributed by atoms with van der Waals surface area (Å²) in [4.78, 5) is 35.3. The zero-order valence-corrected chi connectivity index (χ0v) is 21.1. The van der Waals surface area contributed by atoms with Gasteiger partial charge in [0.2, 0.25) is 5.91 Å². The Bertz CT molecular complexity index is 1170. The van der Waals surface area contributed by atoms with Gasteiger partial charge in [0, 0.05) is 37.8 Å². The summed E-state index contributed by atoms with van der Waals surface area (Å²) in [6.45, 7) is 0.659. The molecule has 1 aliphatic carbocycles. The van der Waals surface area contributed by atoms with Crippen molar-refractivity contribution in [2.45, 2.75) is 44.7 Å². The largest absolute Gasteiger partial charge is 0.352 e. The molecule has 8 nitrogen and oxygen atoms in total. The van der Waals surface area contributed by atoms with E-state index in [1.54, 1.807) is 11.0 Å². The molecule has 1 saturated carbocycles. The van der Waals surface area contributed by atoms with E-state index in [1.165, 1.54) is 12.8 Å². The van der Waals surface area contributed by atoms with Crippen molar-refractivity contribution in [1.29, 1.82) is 0 Å². The van der Waals surface area contributed by atoms with Gasteiger partial charge < -0.3 is 20.9 Å². The highest BCUT2D eigenvalue weighted by atomic mass is 35.5. The predicted molar refractivity (Wildman–Crippen MR) is 142 cm³/mol. The smallest absolute Gasteiger partial charge is 0.319 e. The minimum Gasteiger partial charge on any atom is -0.352 e. The van der Waals surface area contributed by atoms with E-state index >= 15 is 0 Å². The molecule has 1 fully saturated rings. The number of halogens is 1. The summed E-state index contributed by atoms with van der Waals surface area (Å²) in [7, 11) is 1.82. The molecule has 3 aromatic rings. The Morgan fingerprint density at radius 2 is 1.72 bits per heavy atom. The van der Waals surface area contributed by atoms with Crippen molar-refractivity contribution in [3.63, 3.8) is 0 Å². The number of rotatable bonds is 9. The highest BCUT2D eigenvalue weighted by molar-refractivity contribution is 6.29. The van der Waals surface area contributed by atoms with E-state index in [-0.39, 0.29) is 24.5 Å². The first-order valence-corrected chi connectivity index (χ1v) is 12.5. The van der Waals surface area contributed by atoms with Crippen molar-refractivity contribution in [3.8, 4) is 0 Å². The normalized spacial score (nSPS) is 13.3. The number of urea groups is 1. The van der Waals surface area contributed by atoms with Gasteiger partial charge in [-0.2, -0.15) is 0 Å². The molecule has 3 N–H and O–H groups in total. The summed E-state index contributed by atoms with van der Waals surface area (Å²) in [5.41, 5.74) is 2.69. The Kier molecular flexibility index (Phi) is 8.73. The monoisotopic (exact) mass is 506 g/mol. The maximum atomic E-state index is 12.4. The molecule has 0 saturated heterocycles. The van der Waals surface area contributed by atoms with Crippen molar-refractivity contribution in [2.75, 3.05) is 23.8 Å². The van der Waals surface area contributed by atoms with E-state index in [4.69, 9.17) is 11.6 Å². The van der Waals surface area contributed by atoms with E-state index in [1.807, 2.05) is 61.6 Å². The van der Waals surface area contributed by atoms with Crippen LogP contribution in [-0.4, -0.2) is 41.5 Å². The Hall–Kier alpha value is -3.65. The fraction of sp³-hybridized carbons (Fsp3) is 0.333. The summed E-state index contributed by atoms with van der Waals surface area (Å²) in [6.07, 6.45) is 4.90. The minimum absolute atomic E-state index is 0.0171. The third-order valence-corrected chi connectivity index (χ3v) is 6.28. The molecule has 4 rings (SSSR count). The van der Waals surface area contributed by atoms with Crippen molar-refractivity contribution in [2.24, 2.45) is 0 Å². The lowest BCUT2D eigenvalue weighted by molar-refractivity contribution is -0.120. The molecule has 2 aromatic carbocycles. The van der Waals surface area contributed by atoms with Crippen molar-refractivity contribution < 1.29 is 9.59 Å². The van der Waals surface area contributed by atoms with Crippen LogP contribution in [0.1, 0.15) is 42.6 Å². The molecule has 3 amide bonds. The number of aromatic nitrogens is 2. The number of nitrogens with one attached hydrogen (secondary N) is 3. The molecule has 1 aromatic heterocycles. The SMILES string of the molecule is CN(CC(=O)NC1CCCC1)c1cc(Cl)nc(Cc2ccc(NC(=O)NCc3ccccc3)cc2)n1. The Morgan fingerprint density at radius 1 is 1.00 bits per heavy atom. The number of amides is 3. The van der Waals surface area contributed by atoms with Gasteiger partial charge in [0.05, 0.1) is 6.54 Å². The third kappa shape index (κ3) is 7.68. The fourth-order valence-electron chi connectivity index (χ4n) is 4.21. The van der Waals surface area contributed by atoms with Crippen LogP contribution in [0.3, 0.4) is 0 Å². The van der Waals surface area contributed by atoms with Gasteiger partial charge in [0.25, 0.3) is 0 Å². The molecule has 0 spiro atoms. The number of carbonyl (C=O) groups is 2. The molecule has 0 aliphatic heterocycles. The average molecular weight is 507 g/mol. The van der Waals surface area contributed by atoms with Gasteiger partial charge >= 0.3 is 6.03 Å². The van der Waals surface area contributed by atoms with Crippen LogP contribution in [0.2, 0.25) is 5.15 Å². The van der Waals surface area contributed by atoms with E-state index in [0.717, 1.165) is 24.0 Å². The van der Waals surface area contributed by atoms with Crippen LogP contribution in [0.25, 0.3) is 0 Å². The van der Waals surface area contributed by atoms with Gasteiger partial charge in [-0.05, 0) is 36.1 Å². The number of benzene rings is 2. The Labute approximate surface area is 216 Å². The van der Waals surface area contributed by atoms with Crippen LogP contribution in [0, 0.1) is 0 Å². The quantitative estimate of drug-likeness (QED) is 0.370. The summed E-state index contributed by atoms with van der Waals surface area (Å²) in [6, 6.07) is 18.9. The van der Waals surface area contributed by atoms with Crippen LogP contribution in [0.15, 0.2) is 60.7 Å². The molecule has 188 valence electrons. The lowest BCUT2D eigenvalue weighted by Crippen LogP contribution is -2.40. The van der Waals surface area contributed by atoms with Gasteiger partial charge in [0.15, 0.2) is 0 Å². The van der Waals surface area contributed by atoms with Crippen LogP contribution >= 0.6 is 11.6 Å². The number of hydrogen-bond donors (Lipinski definition) is 3. The molecular formula is C27H31ClN6O2. The zero-order valence-electron chi connectivity index (χ0n) is 20.3. The van der Waals surface area contributed by atoms with Gasteiger partial charge in [0.1, 0.15) is 16.8 Å². The second-order valence-electron chi connectivity index (χ2n) is 9.04. The second kappa shape index (κ2) is 12.4. The predicted octanol–water partition coefficient (Wildman–Crippen LogP) is 4.54. The molecule has 0 atom stereocenters. The number of nitrogens with zero attached hydrogens (tertiary/aromatic N) is 3. The van der Waals surface area contributed by atoms with Gasteiger partial charge in [-0.1, -0.05) is 66.9 Å². The van der Waals surface area contributed by atoms with Gasteiger partial charge in [-0.25, -0.2) is 14.8 Å². The van der Waals surface area contributed by atoms with Gasteiger partial charge in [-0.15, -0.1) is 0 Å². The minimum atomic E-state index is -0.269. The first-order valence-electron chi connectivity index (χ1n) is 12.2. The molecule has 0 radical (unpaired) electrons. The van der Waals surface area contributed by atoms with Crippen LogP contribution in [0.4, 0.5) is 16.3 Å². The Morgan fingerprint density at radius 3 is 2.44 bits per heavy atom. The highest BCUT2D eigenvalue weighted by Gasteiger charge is 2.18. The fourth-order valence-corrected chi connectivity index (χ4v) is 4.40. The molecule has 0 unspecified atom stereocenters. The zero-order chi connectivity index (χ0) is 25.3. The standard InChI is InChI=1S/C27H31ClN6O2/c1-34(18-26(35)30-21-9-5-6-10-21)25-16-23(28)32-24(33-25)15-19-11-13-22(14-12-19)31-27(36)29-17-20-7-3-2-4-8-20/h2-4,7-8,11-14,16,21H,5-6,9-10,15,17-18H2,1H3,(H,30,35)(H2,29,31,36). The number of hydrogen-bond acceptors (Lipinski definition) is 5. The maximum absolute atomic E-state index is 12.4. The number of anilines is 2. The second-order valence-corrected chi connectivity index (χ2v) is 9.42. The van der Waals surface area contributed by atoms with Crippen molar-refractivity contribution in [1.82, 2.24) is 20.6 Å². The number of likely N-dealkylation sites (N-methyl/N-ethyl adjacent to an activating group) is 1. The molecule has 9 heteroatoms. The maximum Gasteiger partial charge on any atom is 0.319 e. The van der Waals surface area contributed by atoms with Crippen LogP contribution in [0.5, 0.6) is 0 Å². The molecule has 36 heavy (non-hydrogen) atoms. The molecule has 0 bridgehead atoms. The lowest BCUT2D eigenvalue weighted by atomic mass is 10.1. The summed E-state index contributed by atoms with van der Waals surface area (Å²) in [5, 5.41) is 9.09. The summed E-state index contributed by atoms with van der Waals surface area (Å²) >= 11 is 6.26. The van der Waals surface area contributed by atoms with Crippen LogP contribution < -0.4 is 20.9 Å². The van der Waals surface area contributed by atoms with Crippen LogP contribution in [-0.2, 0) is 17.8 Å². The Balaban J connectivity index is 1.30.